The highest BCUT2D eigenvalue weighted by atomic mass is 16.4. The molecule has 13 heavy (non-hydrogen) atoms. The molecule has 0 unspecified atom stereocenters. The van der Waals surface area contributed by atoms with E-state index in [2.05, 4.69) is 0 Å². The van der Waals surface area contributed by atoms with Gasteiger partial charge in [-0.1, -0.05) is 6.42 Å². The Morgan fingerprint density at radius 1 is 1.31 bits per heavy atom. The van der Waals surface area contributed by atoms with Crippen LogP contribution in [0, 0.1) is 0 Å². The molecule has 0 heterocycles. The summed E-state index contributed by atoms with van der Waals surface area (Å²) in [5.74, 6) is -0.935. The predicted molar refractivity (Wildman–Crippen MR) is 48.9 cm³/mol. The Balaban J connectivity index is 2.50. The van der Waals surface area contributed by atoms with E-state index < -0.39 is 5.97 Å². The molecule has 0 saturated heterocycles. The average molecular weight is 185 g/mol. The van der Waals surface area contributed by atoms with Gasteiger partial charge >= 0.3 is 0 Å². The van der Waals surface area contributed by atoms with Gasteiger partial charge < -0.3 is 14.4 Å². The van der Waals surface area contributed by atoms with Crippen LogP contribution in [-0.4, -0.2) is 37.1 Å². The maximum absolute atomic E-state index is 10.5. The predicted octanol–water partition coefficient (Wildman–Crippen LogP) is 0.145. The van der Waals surface area contributed by atoms with Gasteiger partial charge in [0.15, 0.2) is 0 Å². The second kappa shape index (κ2) is 4.09. The summed E-state index contributed by atoms with van der Waals surface area (Å²) in [6.07, 6.45) is 6.14. The van der Waals surface area contributed by atoms with E-state index in [-0.39, 0.29) is 6.54 Å². The van der Waals surface area contributed by atoms with Crippen LogP contribution in [0.25, 0.3) is 0 Å². The van der Waals surface area contributed by atoms with Gasteiger partial charge in [0.05, 0.1) is 26.1 Å². The monoisotopic (exact) mass is 185 g/mol. The lowest BCUT2D eigenvalue weighted by molar-refractivity contribution is -0.911. The molecule has 1 fully saturated rings. The molecule has 0 bridgehead atoms. The van der Waals surface area contributed by atoms with Crippen molar-refractivity contribution < 1.29 is 14.4 Å². The van der Waals surface area contributed by atoms with Crippen molar-refractivity contribution in [2.45, 2.75) is 38.1 Å². The first kappa shape index (κ1) is 10.5. The summed E-state index contributed by atoms with van der Waals surface area (Å²) in [7, 11) is 3.98. The number of carbonyl (C=O) groups is 1. The van der Waals surface area contributed by atoms with Crippen molar-refractivity contribution in [1.82, 2.24) is 0 Å². The molecule has 0 spiro atoms. The van der Waals surface area contributed by atoms with E-state index in [9.17, 15) is 9.90 Å². The number of likely N-dealkylation sites (N-methyl/N-ethyl adjacent to an activating group) is 1. The molecule has 1 rings (SSSR count). The van der Waals surface area contributed by atoms with Crippen molar-refractivity contribution in [3.8, 4) is 0 Å². The van der Waals surface area contributed by atoms with Crippen LogP contribution in [0.4, 0.5) is 0 Å². The SMILES string of the molecule is C[N+](C)(CC(=O)[O-])C1CCCCC1. The normalized spacial score (nSPS) is 20.2. The van der Waals surface area contributed by atoms with Crippen LogP contribution in [0.1, 0.15) is 32.1 Å². The molecule has 0 amide bonds. The van der Waals surface area contributed by atoms with Crippen molar-refractivity contribution in [3.05, 3.63) is 0 Å². The van der Waals surface area contributed by atoms with E-state index in [0.29, 0.717) is 10.5 Å². The van der Waals surface area contributed by atoms with Gasteiger partial charge in [-0.25, -0.2) is 0 Å². The average Bonchev–Trinajstić information content (AvgIpc) is 2.04. The number of carbonyl (C=O) groups excluding carboxylic acids is 1. The molecule has 1 aliphatic rings. The third-order valence-electron chi connectivity index (χ3n) is 3.10. The molecular weight excluding hydrogens is 166 g/mol. The maximum atomic E-state index is 10.5. The van der Waals surface area contributed by atoms with E-state index in [4.69, 9.17) is 0 Å². The van der Waals surface area contributed by atoms with Gasteiger partial charge in [-0.05, 0) is 25.7 Å². The van der Waals surface area contributed by atoms with Crippen LogP contribution in [-0.2, 0) is 4.79 Å². The fraction of sp³-hybridized carbons (Fsp3) is 0.900. The number of carboxylic acid groups (broad SMARTS) is 1. The highest BCUT2D eigenvalue weighted by Gasteiger charge is 2.29. The number of carboxylic acids is 1. The van der Waals surface area contributed by atoms with Gasteiger partial charge in [0, 0.05) is 0 Å². The molecule has 0 aromatic rings. The van der Waals surface area contributed by atoms with Crippen LogP contribution in [0.2, 0.25) is 0 Å². The smallest absolute Gasteiger partial charge is 0.119 e. The quantitative estimate of drug-likeness (QED) is 0.587. The first-order valence-electron chi connectivity index (χ1n) is 5.05. The molecule has 0 aromatic heterocycles. The fourth-order valence-electron chi connectivity index (χ4n) is 2.24. The number of nitrogens with zero attached hydrogens (tertiary/aromatic N) is 1. The molecule has 3 heteroatoms. The van der Waals surface area contributed by atoms with Crippen LogP contribution in [0.3, 0.4) is 0 Å². The Morgan fingerprint density at radius 3 is 2.31 bits per heavy atom. The molecule has 0 aromatic carbocycles. The minimum Gasteiger partial charge on any atom is -0.544 e. The second-order valence-corrected chi connectivity index (χ2v) is 4.60. The second-order valence-electron chi connectivity index (χ2n) is 4.60. The lowest BCUT2D eigenvalue weighted by Gasteiger charge is -2.40. The van der Waals surface area contributed by atoms with Crippen molar-refractivity contribution in [2.75, 3.05) is 20.6 Å². The van der Waals surface area contributed by atoms with Gasteiger partial charge in [-0.2, -0.15) is 0 Å². The van der Waals surface area contributed by atoms with E-state index in [1.807, 2.05) is 14.1 Å². The highest BCUT2D eigenvalue weighted by Crippen LogP contribution is 2.25. The minimum absolute atomic E-state index is 0.144. The van der Waals surface area contributed by atoms with Gasteiger partial charge in [0.2, 0.25) is 0 Å². The Hall–Kier alpha value is -0.570. The highest BCUT2D eigenvalue weighted by molar-refractivity contribution is 5.65. The Kier molecular flexibility index (Phi) is 3.31. The Bertz CT molecular complexity index is 183. The van der Waals surface area contributed by atoms with Gasteiger partial charge in [0.1, 0.15) is 6.54 Å². The maximum Gasteiger partial charge on any atom is 0.119 e. The summed E-state index contributed by atoms with van der Waals surface area (Å²) in [4.78, 5) is 10.5. The first-order valence-corrected chi connectivity index (χ1v) is 5.05. The van der Waals surface area contributed by atoms with Crippen molar-refractivity contribution in [3.63, 3.8) is 0 Å². The number of hydrogen-bond donors (Lipinski definition) is 0. The largest absolute Gasteiger partial charge is 0.544 e. The van der Waals surface area contributed by atoms with Crippen LogP contribution in [0.15, 0.2) is 0 Å². The molecule has 1 saturated carbocycles. The number of rotatable bonds is 3. The van der Waals surface area contributed by atoms with Crippen LogP contribution < -0.4 is 5.11 Å². The molecule has 76 valence electrons. The zero-order chi connectivity index (χ0) is 9.90. The first-order chi connectivity index (χ1) is 6.02. The molecule has 3 nitrogen and oxygen atoms in total. The topological polar surface area (TPSA) is 40.1 Å². The number of hydrogen-bond acceptors (Lipinski definition) is 2. The van der Waals surface area contributed by atoms with E-state index in [1.54, 1.807) is 0 Å². The fourth-order valence-corrected chi connectivity index (χ4v) is 2.24. The third-order valence-corrected chi connectivity index (χ3v) is 3.10. The standard InChI is InChI=1S/C10H19NO2/c1-11(2,8-10(12)13)9-6-4-3-5-7-9/h9H,3-8H2,1-2H3. The molecular formula is C10H19NO2. The summed E-state index contributed by atoms with van der Waals surface area (Å²) in [6, 6.07) is 0.520. The number of aliphatic carboxylic acids is 1. The lowest BCUT2D eigenvalue weighted by atomic mass is 9.93. The zero-order valence-electron chi connectivity index (χ0n) is 8.58. The summed E-state index contributed by atoms with van der Waals surface area (Å²) >= 11 is 0. The van der Waals surface area contributed by atoms with Gasteiger partial charge in [0.25, 0.3) is 0 Å². The van der Waals surface area contributed by atoms with Gasteiger partial charge in [-0.3, -0.25) is 0 Å². The Morgan fingerprint density at radius 2 is 1.85 bits per heavy atom. The van der Waals surface area contributed by atoms with E-state index in [1.165, 1.54) is 32.1 Å². The van der Waals surface area contributed by atoms with E-state index in [0.717, 1.165) is 0 Å². The van der Waals surface area contributed by atoms with Crippen molar-refractivity contribution >= 4 is 5.97 Å². The number of quaternary nitrogens is 1. The lowest BCUT2D eigenvalue weighted by Crippen LogP contribution is -2.55. The minimum atomic E-state index is -0.935. The summed E-state index contributed by atoms with van der Waals surface area (Å²) < 4.78 is 0.586. The summed E-state index contributed by atoms with van der Waals surface area (Å²) in [5.41, 5.74) is 0. The molecule has 0 atom stereocenters. The van der Waals surface area contributed by atoms with Crippen LogP contribution >= 0.6 is 0 Å². The summed E-state index contributed by atoms with van der Waals surface area (Å²) in [6.45, 7) is 0.144. The molecule has 0 aliphatic heterocycles. The summed E-state index contributed by atoms with van der Waals surface area (Å²) in [5, 5.41) is 10.5. The van der Waals surface area contributed by atoms with Crippen LogP contribution in [0.5, 0.6) is 0 Å². The molecule has 1 aliphatic carbocycles. The molecule has 0 N–H and O–H groups in total. The van der Waals surface area contributed by atoms with Crippen molar-refractivity contribution in [2.24, 2.45) is 0 Å². The Labute approximate surface area is 79.9 Å². The van der Waals surface area contributed by atoms with Crippen molar-refractivity contribution in [1.29, 1.82) is 0 Å². The van der Waals surface area contributed by atoms with E-state index >= 15 is 0 Å². The molecule has 0 radical (unpaired) electrons. The third kappa shape index (κ3) is 2.99. The zero-order valence-corrected chi connectivity index (χ0v) is 8.58. The van der Waals surface area contributed by atoms with Gasteiger partial charge in [-0.15, -0.1) is 0 Å².